The van der Waals surface area contributed by atoms with Gasteiger partial charge >= 0.3 is 0 Å². The van der Waals surface area contributed by atoms with Gasteiger partial charge in [0.2, 0.25) is 0 Å². The van der Waals surface area contributed by atoms with Crippen LogP contribution in [0.3, 0.4) is 0 Å². The zero-order chi connectivity index (χ0) is 23.0. The molecule has 3 N–H and O–H groups in total. The molecule has 9 nitrogen and oxygen atoms in total. The Morgan fingerprint density at radius 2 is 1.88 bits per heavy atom. The van der Waals surface area contributed by atoms with Crippen molar-refractivity contribution >= 4 is 29.7 Å². The number of ether oxygens (including phenoxy) is 1. The van der Waals surface area contributed by atoms with Gasteiger partial charge in [-0.1, -0.05) is 35.9 Å². The van der Waals surface area contributed by atoms with Crippen LogP contribution in [0.2, 0.25) is 0 Å². The lowest BCUT2D eigenvalue weighted by Gasteiger charge is -2.26. The maximum atomic E-state index is 12.8. The molecule has 9 heteroatoms. The summed E-state index contributed by atoms with van der Waals surface area (Å²) in [4.78, 5) is 24.1. The third kappa shape index (κ3) is 6.71. The van der Waals surface area contributed by atoms with E-state index in [1.165, 1.54) is 5.56 Å². The molecular weight excluding hydrogens is 418 g/mol. The van der Waals surface area contributed by atoms with Crippen LogP contribution in [-0.4, -0.2) is 70.4 Å². The molecule has 1 aromatic carbocycles. The van der Waals surface area contributed by atoms with Crippen molar-refractivity contribution in [3.63, 3.8) is 0 Å². The summed E-state index contributed by atoms with van der Waals surface area (Å²) in [5.41, 5.74) is 3.44. The van der Waals surface area contributed by atoms with Crippen LogP contribution in [0.4, 0.5) is 11.6 Å². The third-order valence-electron chi connectivity index (χ3n) is 5.26. The molecule has 3 aromatic rings. The number of morpholine rings is 1. The lowest BCUT2D eigenvalue weighted by Crippen LogP contribution is -2.41. The van der Waals surface area contributed by atoms with E-state index in [9.17, 15) is 4.79 Å². The molecule has 0 bridgehead atoms. The number of aromatic amines is 1. The van der Waals surface area contributed by atoms with E-state index in [2.05, 4.69) is 35.7 Å². The SMILES string of the molecule is Cc1ccc(/C=C/c2nc(Nc3cc(C)[nH]n3)cc(C(=O)NCCN3CCOCC3)n2)cc1. The quantitative estimate of drug-likeness (QED) is 0.487. The molecule has 0 radical (unpaired) electrons. The number of hydrogen-bond acceptors (Lipinski definition) is 7. The van der Waals surface area contributed by atoms with Gasteiger partial charge in [-0.15, -0.1) is 0 Å². The minimum absolute atomic E-state index is 0.239. The van der Waals surface area contributed by atoms with E-state index < -0.39 is 0 Å². The van der Waals surface area contributed by atoms with E-state index in [0.717, 1.165) is 44.1 Å². The molecule has 1 saturated heterocycles. The second-order valence-corrected chi connectivity index (χ2v) is 8.01. The highest BCUT2D eigenvalue weighted by molar-refractivity contribution is 5.93. The van der Waals surface area contributed by atoms with Crippen molar-refractivity contribution in [2.24, 2.45) is 0 Å². The molecule has 3 heterocycles. The molecule has 0 atom stereocenters. The number of carbonyl (C=O) groups is 1. The number of amides is 1. The van der Waals surface area contributed by atoms with Crippen molar-refractivity contribution in [1.29, 1.82) is 0 Å². The summed E-state index contributed by atoms with van der Waals surface area (Å²) in [7, 11) is 0. The summed E-state index contributed by atoms with van der Waals surface area (Å²) in [5, 5.41) is 13.2. The van der Waals surface area contributed by atoms with Crippen LogP contribution in [0.1, 0.15) is 33.1 Å². The molecule has 33 heavy (non-hydrogen) atoms. The molecule has 0 saturated carbocycles. The molecule has 4 rings (SSSR count). The Labute approximate surface area is 193 Å². The Kier molecular flexibility index (Phi) is 7.43. The first-order valence-corrected chi connectivity index (χ1v) is 11.1. The first-order valence-electron chi connectivity index (χ1n) is 11.1. The first-order chi connectivity index (χ1) is 16.0. The molecule has 1 amide bonds. The fourth-order valence-electron chi connectivity index (χ4n) is 3.43. The van der Waals surface area contributed by atoms with Crippen LogP contribution in [0.25, 0.3) is 12.2 Å². The minimum atomic E-state index is -0.239. The fraction of sp³-hybridized carbons (Fsp3) is 0.333. The van der Waals surface area contributed by atoms with Gasteiger partial charge in [-0.3, -0.25) is 14.8 Å². The van der Waals surface area contributed by atoms with Gasteiger partial charge in [-0.2, -0.15) is 5.10 Å². The Balaban J connectivity index is 1.49. The molecule has 1 aliphatic heterocycles. The maximum absolute atomic E-state index is 12.8. The summed E-state index contributed by atoms with van der Waals surface area (Å²) >= 11 is 0. The van der Waals surface area contributed by atoms with Crippen molar-refractivity contribution in [2.45, 2.75) is 13.8 Å². The van der Waals surface area contributed by atoms with Crippen molar-refractivity contribution in [2.75, 3.05) is 44.7 Å². The molecule has 2 aromatic heterocycles. The largest absolute Gasteiger partial charge is 0.379 e. The van der Waals surface area contributed by atoms with E-state index in [-0.39, 0.29) is 5.91 Å². The average molecular weight is 448 g/mol. The van der Waals surface area contributed by atoms with Crippen LogP contribution in [0, 0.1) is 13.8 Å². The molecule has 0 spiro atoms. The van der Waals surface area contributed by atoms with Crippen LogP contribution >= 0.6 is 0 Å². The Bertz CT molecular complexity index is 1100. The predicted octanol–water partition coefficient (Wildman–Crippen LogP) is 2.79. The second-order valence-electron chi connectivity index (χ2n) is 8.01. The van der Waals surface area contributed by atoms with Gasteiger partial charge in [0.25, 0.3) is 5.91 Å². The van der Waals surface area contributed by atoms with E-state index in [1.54, 1.807) is 12.1 Å². The Morgan fingerprint density at radius 3 is 2.61 bits per heavy atom. The molecular formula is C24H29N7O2. The van der Waals surface area contributed by atoms with Crippen LogP contribution < -0.4 is 10.6 Å². The number of aromatic nitrogens is 4. The lowest BCUT2D eigenvalue weighted by atomic mass is 10.1. The predicted molar refractivity (Wildman–Crippen MR) is 128 cm³/mol. The number of carbonyl (C=O) groups excluding carboxylic acids is 1. The minimum Gasteiger partial charge on any atom is -0.379 e. The highest BCUT2D eigenvalue weighted by Gasteiger charge is 2.14. The standard InChI is InChI=1S/C24H29N7O2/c1-17-3-5-19(6-4-17)7-8-21-26-20(16-22(27-21)28-23-15-18(2)29-30-23)24(32)25-9-10-31-11-13-33-14-12-31/h3-8,15-16H,9-14H2,1-2H3,(H,25,32)(H2,26,27,28,29,30)/b8-7+. The summed E-state index contributed by atoms with van der Waals surface area (Å²) in [6.45, 7) is 8.52. The number of anilines is 2. The second kappa shape index (κ2) is 10.8. The third-order valence-corrected chi connectivity index (χ3v) is 5.26. The van der Waals surface area contributed by atoms with Crippen molar-refractivity contribution in [1.82, 2.24) is 30.4 Å². The Morgan fingerprint density at radius 1 is 1.09 bits per heavy atom. The normalized spacial score (nSPS) is 14.5. The summed E-state index contributed by atoms with van der Waals surface area (Å²) in [5.74, 6) is 1.32. The molecule has 1 fully saturated rings. The van der Waals surface area contributed by atoms with Crippen LogP contribution in [0.5, 0.6) is 0 Å². The monoisotopic (exact) mass is 447 g/mol. The molecule has 172 valence electrons. The van der Waals surface area contributed by atoms with Gasteiger partial charge in [0, 0.05) is 44.0 Å². The van der Waals surface area contributed by atoms with Gasteiger partial charge in [0.1, 0.15) is 11.5 Å². The zero-order valence-electron chi connectivity index (χ0n) is 19.0. The number of H-pyrrole nitrogens is 1. The number of aryl methyl sites for hydroxylation is 2. The van der Waals surface area contributed by atoms with Gasteiger partial charge in [0.05, 0.1) is 13.2 Å². The number of rotatable bonds is 8. The first kappa shape index (κ1) is 22.6. The maximum Gasteiger partial charge on any atom is 0.270 e. The molecule has 0 unspecified atom stereocenters. The smallest absolute Gasteiger partial charge is 0.270 e. The van der Waals surface area contributed by atoms with Crippen LogP contribution in [-0.2, 0) is 4.74 Å². The van der Waals surface area contributed by atoms with Gasteiger partial charge in [0.15, 0.2) is 11.6 Å². The van der Waals surface area contributed by atoms with E-state index in [1.807, 2.05) is 50.3 Å². The van der Waals surface area contributed by atoms with Crippen LogP contribution in [0.15, 0.2) is 36.4 Å². The molecule has 1 aliphatic rings. The van der Waals surface area contributed by atoms with Gasteiger partial charge in [-0.05, 0) is 25.5 Å². The highest BCUT2D eigenvalue weighted by Crippen LogP contribution is 2.16. The number of hydrogen-bond donors (Lipinski definition) is 3. The van der Waals surface area contributed by atoms with Crippen molar-refractivity contribution in [3.8, 4) is 0 Å². The topological polar surface area (TPSA) is 108 Å². The summed E-state index contributed by atoms with van der Waals surface area (Å²) in [6, 6.07) is 11.7. The molecule has 0 aliphatic carbocycles. The van der Waals surface area contributed by atoms with Gasteiger partial charge < -0.3 is 15.4 Å². The number of nitrogens with one attached hydrogen (secondary N) is 3. The van der Waals surface area contributed by atoms with E-state index >= 15 is 0 Å². The number of benzene rings is 1. The summed E-state index contributed by atoms with van der Waals surface area (Å²) < 4.78 is 5.37. The lowest BCUT2D eigenvalue weighted by molar-refractivity contribution is 0.0383. The van der Waals surface area contributed by atoms with Crippen molar-refractivity contribution < 1.29 is 9.53 Å². The van der Waals surface area contributed by atoms with E-state index in [4.69, 9.17) is 4.74 Å². The average Bonchev–Trinajstić information content (AvgIpc) is 3.23. The summed E-state index contributed by atoms with van der Waals surface area (Å²) in [6.07, 6.45) is 3.73. The fourth-order valence-corrected chi connectivity index (χ4v) is 3.43. The highest BCUT2D eigenvalue weighted by atomic mass is 16.5. The van der Waals surface area contributed by atoms with Crippen molar-refractivity contribution in [3.05, 3.63) is 64.7 Å². The zero-order valence-corrected chi connectivity index (χ0v) is 19.0. The number of nitrogens with zero attached hydrogens (tertiary/aromatic N) is 4. The van der Waals surface area contributed by atoms with E-state index in [0.29, 0.717) is 29.7 Å². The Hall–Kier alpha value is -3.56. The van der Waals surface area contributed by atoms with Gasteiger partial charge in [-0.25, -0.2) is 9.97 Å².